The van der Waals surface area contributed by atoms with Gasteiger partial charge in [0.1, 0.15) is 0 Å². The van der Waals surface area contributed by atoms with Crippen LogP contribution in [0.1, 0.15) is 0 Å². The van der Waals surface area contributed by atoms with Crippen molar-refractivity contribution in [1.82, 2.24) is 31.9 Å². The third-order valence-electron chi connectivity index (χ3n) is 2.44. The molecule has 0 bridgehead atoms. The van der Waals surface area contributed by atoms with Crippen molar-refractivity contribution < 1.29 is 14.4 Å². The normalized spacial score (nSPS) is 16.6. The van der Waals surface area contributed by atoms with Gasteiger partial charge in [-0.1, -0.05) is 19.7 Å². The Balaban J connectivity index is 2.71. The first-order chi connectivity index (χ1) is 9.98. The first-order valence-electron chi connectivity index (χ1n) is 6.09. The fraction of sp³-hybridized carbons (Fsp3) is 0.250. The lowest BCUT2D eigenvalue weighted by Crippen LogP contribution is -2.71. The number of hydrazine groups is 4. The number of hydrogen-bond donors (Lipinski definition) is 4. The Labute approximate surface area is 122 Å². The Morgan fingerprint density at radius 3 is 1.71 bits per heavy atom. The van der Waals surface area contributed by atoms with E-state index in [2.05, 4.69) is 41.4 Å². The molecule has 114 valence electrons. The predicted octanol–water partition coefficient (Wildman–Crippen LogP) is -1.87. The summed E-state index contributed by atoms with van der Waals surface area (Å²) < 4.78 is 0. The van der Waals surface area contributed by atoms with Crippen LogP contribution in [0.15, 0.2) is 38.0 Å². The Bertz CT molecular complexity index is 391. The number of rotatable bonds is 6. The second kappa shape index (κ2) is 7.94. The average molecular weight is 294 g/mol. The molecule has 0 aromatic rings. The van der Waals surface area contributed by atoms with Crippen molar-refractivity contribution >= 4 is 17.7 Å². The Hall–Kier alpha value is -2.49. The van der Waals surface area contributed by atoms with Gasteiger partial charge in [-0.05, 0) is 18.2 Å². The van der Waals surface area contributed by atoms with E-state index in [0.29, 0.717) is 0 Å². The van der Waals surface area contributed by atoms with E-state index in [0.717, 1.165) is 18.2 Å². The van der Waals surface area contributed by atoms with E-state index in [-0.39, 0.29) is 25.0 Å². The van der Waals surface area contributed by atoms with Crippen molar-refractivity contribution in [2.24, 2.45) is 0 Å². The highest BCUT2D eigenvalue weighted by Gasteiger charge is 2.27. The fourth-order valence-corrected chi connectivity index (χ4v) is 1.58. The summed E-state index contributed by atoms with van der Waals surface area (Å²) >= 11 is 0. The number of carbonyl (C=O) groups is 3. The van der Waals surface area contributed by atoms with Crippen molar-refractivity contribution in [2.45, 2.75) is 6.04 Å². The van der Waals surface area contributed by atoms with Crippen LogP contribution >= 0.6 is 0 Å². The van der Waals surface area contributed by atoms with Gasteiger partial charge in [0, 0.05) is 0 Å². The molecular weight excluding hydrogens is 276 g/mol. The van der Waals surface area contributed by atoms with Crippen LogP contribution in [-0.4, -0.2) is 47.1 Å². The van der Waals surface area contributed by atoms with Crippen molar-refractivity contribution in [1.29, 1.82) is 0 Å². The molecule has 1 fully saturated rings. The predicted molar refractivity (Wildman–Crippen MR) is 75.4 cm³/mol. The molecule has 1 rings (SSSR count). The van der Waals surface area contributed by atoms with E-state index < -0.39 is 11.8 Å². The Morgan fingerprint density at radius 2 is 1.33 bits per heavy atom. The van der Waals surface area contributed by atoms with Crippen LogP contribution in [0.25, 0.3) is 0 Å². The van der Waals surface area contributed by atoms with Crippen LogP contribution in [0.3, 0.4) is 0 Å². The standard InChI is InChI=1S/C12H18N6O3/c1-4-10(19)13-9-7-17(14-11(20)5-2)16-18(8-9)15-12(21)6-3/h4-6,9,16H,1-3,7-8H2,(H,13,19)(H,14,20)(H,15,21). The van der Waals surface area contributed by atoms with Crippen LogP contribution < -0.4 is 21.7 Å². The lowest BCUT2D eigenvalue weighted by molar-refractivity contribution is -0.143. The van der Waals surface area contributed by atoms with E-state index in [1.807, 2.05) is 0 Å². The monoisotopic (exact) mass is 294 g/mol. The summed E-state index contributed by atoms with van der Waals surface area (Å²) in [5.41, 5.74) is 7.70. The van der Waals surface area contributed by atoms with Gasteiger partial charge in [0.15, 0.2) is 0 Å². The van der Waals surface area contributed by atoms with E-state index in [4.69, 9.17) is 0 Å². The third kappa shape index (κ3) is 5.57. The largest absolute Gasteiger partial charge is 0.347 e. The fourth-order valence-electron chi connectivity index (χ4n) is 1.58. The van der Waals surface area contributed by atoms with Crippen LogP contribution in [0.4, 0.5) is 0 Å². The first kappa shape index (κ1) is 16.6. The number of amides is 3. The van der Waals surface area contributed by atoms with Crippen molar-refractivity contribution in [3.63, 3.8) is 0 Å². The molecule has 4 N–H and O–H groups in total. The SMILES string of the molecule is C=CC(=O)NC1CN(NC(=O)C=C)NN(NC(=O)C=C)C1. The van der Waals surface area contributed by atoms with E-state index in [1.54, 1.807) is 0 Å². The molecule has 0 saturated carbocycles. The highest BCUT2D eigenvalue weighted by Crippen LogP contribution is 1.98. The molecule has 9 heteroatoms. The molecule has 0 aliphatic carbocycles. The van der Waals surface area contributed by atoms with E-state index in [1.165, 1.54) is 10.2 Å². The topological polar surface area (TPSA) is 106 Å². The zero-order valence-corrected chi connectivity index (χ0v) is 11.5. The van der Waals surface area contributed by atoms with Gasteiger partial charge in [-0.15, -0.1) is 10.2 Å². The molecule has 1 heterocycles. The highest BCUT2D eigenvalue weighted by atomic mass is 16.2. The van der Waals surface area contributed by atoms with Gasteiger partial charge in [0.2, 0.25) is 5.91 Å². The number of nitrogens with one attached hydrogen (secondary N) is 4. The molecule has 0 unspecified atom stereocenters. The molecule has 0 spiro atoms. The second-order valence-electron chi connectivity index (χ2n) is 4.09. The minimum atomic E-state index is -0.437. The molecule has 1 aliphatic heterocycles. The van der Waals surface area contributed by atoms with Crippen LogP contribution in [-0.2, 0) is 14.4 Å². The number of nitrogens with zero attached hydrogens (tertiary/aromatic N) is 2. The zero-order chi connectivity index (χ0) is 15.8. The number of hydrogen-bond acceptors (Lipinski definition) is 6. The maximum atomic E-state index is 11.4. The molecule has 9 nitrogen and oxygen atoms in total. The van der Waals surface area contributed by atoms with Crippen molar-refractivity contribution in [3.05, 3.63) is 38.0 Å². The third-order valence-corrected chi connectivity index (χ3v) is 2.44. The molecule has 21 heavy (non-hydrogen) atoms. The van der Waals surface area contributed by atoms with E-state index in [9.17, 15) is 14.4 Å². The summed E-state index contributed by atoms with van der Waals surface area (Å²) in [5, 5.41) is 5.30. The molecule has 0 aromatic carbocycles. The summed E-state index contributed by atoms with van der Waals surface area (Å²) in [5.74, 6) is -1.23. The lowest BCUT2D eigenvalue weighted by Gasteiger charge is -2.39. The molecular formula is C12H18N6O3. The summed E-state index contributed by atoms with van der Waals surface area (Å²) in [7, 11) is 0. The van der Waals surface area contributed by atoms with Gasteiger partial charge < -0.3 is 5.32 Å². The summed E-state index contributed by atoms with van der Waals surface area (Å²) in [6.45, 7) is 10.6. The summed E-state index contributed by atoms with van der Waals surface area (Å²) in [4.78, 5) is 34.0. The van der Waals surface area contributed by atoms with Crippen molar-refractivity contribution in [3.8, 4) is 0 Å². The minimum absolute atomic E-state index is 0.277. The van der Waals surface area contributed by atoms with Crippen molar-refractivity contribution in [2.75, 3.05) is 13.1 Å². The maximum absolute atomic E-state index is 11.4. The minimum Gasteiger partial charge on any atom is -0.347 e. The van der Waals surface area contributed by atoms with Gasteiger partial charge >= 0.3 is 0 Å². The summed E-state index contributed by atoms with van der Waals surface area (Å²) in [6, 6.07) is -0.355. The van der Waals surface area contributed by atoms with Crippen LogP contribution in [0.2, 0.25) is 0 Å². The smallest absolute Gasteiger partial charge is 0.258 e. The van der Waals surface area contributed by atoms with E-state index >= 15 is 0 Å². The van der Waals surface area contributed by atoms with Gasteiger partial charge in [-0.25, -0.2) is 0 Å². The molecule has 1 aliphatic rings. The van der Waals surface area contributed by atoms with Gasteiger partial charge in [-0.2, -0.15) is 5.53 Å². The first-order valence-corrected chi connectivity index (χ1v) is 6.09. The van der Waals surface area contributed by atoms with Gasteiger partial charge in [0.05, 0.1) is 19.1 Å². The molecule has 1 saturated heterocycles. The van der Waals surface area contributed by atoms with Gasteiger partial charge in [0.25, 0.3) is 11.8 Å². The molecule has 0 aromatic heterocycles. The molecule has 3 amide bonds. The van der Waals surface area contributed by atoms with Crippen LogP contribution in [0, 0.1) is 0 Å². The number of carbonyl (C=O) groups excluding carboxylic acids is 3. The maximum Gasteiger partial charge on any atom is 0.258 e. The quantitative estimate of drug-likeness (QED) is 0.428. The Kier molecular flexibility index (Phi) is 6.27. The van der Waals surface area contributed by atoms with Crippen LogP contribution in [0.5, 0.6) is 0 Å². The average Bonchev–Trinajstić information content (AvgIpc) is 2.46. The Morgan fingerprint density at radius 1 is 0.905 bits per heavy atom. The lowest BCUT2D eigenvalue weighted by atomic mass is 10.2. The second-order valence-corrected chi connectivity index (χ2v) is 4.09. The molecule has 0 radical (unpaired) electrons. The highest BCUT2D eigenvalue weighted by molar-refractivity contribution is 5.87. The molecule has 0 atom stereocenters. The zero-order valence-electron chi connectivity index (χ0n) is 11.5. The summed E-state index contributed by atoms with van der Waals surface area (Å²) in [6.07, 6.45) is 3.34. The van der Waals surface area contributed by atoms with Gasteiger partial charge in [-0.3, -0.25) is 25.2 Å².